The maximum Gasteiger partial charge on any atom is 0.221 e. The number of anilines is 1. The summed E-state index contributed by atoms with van der Waals surface area (Å²) in [6, 6.07) is 3.89. The van der Waals surface area contributed by atoms with Gasteiger partial charge in [-0.25, -0.2) is 0 Å². The molecule has 13 heavy (non-hydrogen) atoms. The lowest BCUT2D eigenvalue weighted by Gasteiger charge is -2.09. The Kier molecular flexibility index (Phi) is 3.09. The van der Waals surface area contributed by atoms with E-state index in [-0.39, 0.29) is 5.91 Å². The molecular weight excluding hydrogens is 230 g/mol. The molecule has 1 aromatic rings. The van der Waals surface area contributed by atoms with Gasteiger partial charge < -0.3 is 5.32 Å². The van der Waals surface area contributed by atoms with Gasteiger partial charge in [0.2, 0.25) is 5.91 Å². The monoisotopic (exact) mass is 241 g/mol. The lowest BCUT2D eigenvalue weighted by atomic mass is 10.1. The molecule has 70 valence electrons. The van der Waals surface area contributed by atoms with Crippen LogP contribution in [0.2, 0.25) is 0 Å². The van der Waals surface area contributed by atoms with Crippen LogP contribution in [0.15, 0.2) is 16.6 Å². The second-order valence-electron chi connectivity index (χ2n) is 3.05. The fourth-order valence-corrected chi connectivity index (χ4v) is 1.49. The lowest BCUT2D eigenvalue weighted by molar-refractivity contribution is -0.114. The second kappa shape index (κ2) is 3.92. The summed E-state index contributed by atoms with van der Waals surface area (Å²) < 4.78 is 1.05. The van der Waals surface area contributed by atoms with Crippen LogP contribution in [0.4, 0.5) is 5.69 Å². The fourth-order valence-electron chi connectivity index (χ4n) is 1.15. The van der Waals surface area contributed by atoms with E-state index < -0.39 is 0 Å². The van der Waals surface area contributed by atoms with Gasteiger partial charge in [0, 0.05) is 17.1 Å². The zero-order chi connectivity index (χ0) is 10.0. The first-order valence-corrected chi connectivity index (χ1v) is 4.85. The van der Waals surface area contributed by atoms with Gasteiger partial charge in [0.1, 0.15) is 0 Å². The Morgan fingerprint density at radius 1 is 1.38 bits per heavy atom. The minimum absolute atomic E-state index is 0.0427. The summed E-state index contributed by atoms with van der Waals surface area (Å²) in [6.07, 6.45) is 0. The summed E-state index contributed by atoms with van der Waals surface area (Å²) in [4.78, 5) is 10.8. The molecule has 0 radical (unpaired) electrons. The average Bonchev–Trinajstić information content (AvgIpc) is 2.06. The fraction of sp³-hybridized carbons (Fsp3) is 0.300. The molecule has 0 bridgehead atoms. The van der Waals surface area contributed by atoms with Crippen molar-refractivity contribution in [3.63, 3.8) is 0 Å². The largest absolute Gasteiger partial charge is 0.326 e. The molecule has 0 aliphatic carbocycles. The van der Waals surface area contributed by atoms with Crippen molar-refractivity contribution in [2.24, 2.45) is 0 Å². The topological polar surface area (TPSA) is 29.1 Å². The molecule has 1 rings (SSSR count). The number of amides is 1. The molecule has 0 spiro atoms. The van der Waals surface area contributed by atoms with Crippen molar-refractivity contribution in [1.29, 1.82) is 0 Å². The third-order valence-electron chi connectivity index (χ3n) is 1.89. The van der Waals surface area contributed by atoms with E-state index in [0.717, 1.165) is 15.7 Å². The molecule has 1 amide bonds. The molecule has 0 fully saturated rings. The highest BCUT2D eigenvalue weighted by atomic mass is 79.9. The molecule has 0 aliphatic rings. The Labute approximate surface area is 86.5 Å². The third kappa shape index (κ3) is 2.31. The van der Waals surface area contributed by atoms with Gasteiger partial charge in [-0.3, -0.25) is 4.79 Å². The van der Waals surface area contributed by atoms with Gasteiger partial charge in [-0.05, 0) is 31.0 Å². The van der Waals surface area contributed by atoms with Crippen LogP contribution in [0.5, 0.6) is 0 Å². The van der Waals surface area contributed by atoms with Crippen LogP contribution in [0.25, 0.3) is 0 Å². The number of hydrogen-bond acceptors (Lipinski definition) is 1. The molecule has 0 aromatic heterocycles. The van der Waals surface area contributed by atoms with Gasteiger partial charge in [-0.2, -0.15) is 0 Å². The second-order valence-corrected chi connectivity index (χ2v) is 3.84. The molecule has 0 aliphatic heterocycles. The summed E-state index contributed by atoms with van der Waals surface area (Å²) >= 11 is 3.47. The first-order valence-electron chi connectivity index (χ1n) is 4.05. The number of rotatable bonds is 1. The van der Waals surface area contributed by atoms with Gasteiger partial charge in [-0.15, -0.1) is 0 Å². The predicted octanol–water partition coefficient (Wildman–Crippen LogP) is 3.02. The Balaban J connectivity index is 3.10. The van der Waals surface area contributed by atoms with E-state index in [1.54, 1.807) is 0 Å². The lowest BCUT2D eigenvalue weighted by Crippen LogP contribution is -2.07. The first-order chi connectivity index (χ1) is 6.02. The van der Waals surface area contributed by atoms with Crippen LogP contribution < -0.4 is 5.32 Å². The summed E-state index contributed by atoms with van der Waals surface area (Å²) in [7, 11) is 0. The molecule has 0 unspecified atom stereocenters. The Hall–Kier alpha value is -0.830. The van der Waals surface area contributed by atoms with Gasteiger partial charge in [0.25, 0.3) is 0 Å². The van der Waals surface area contributed by atoms with E-state index >= 15 is 0 Å². The van der Waals surface area contributed by atoms with E-state index in [1.807, 2.05) is 26.0 Å². The summed E-state index contributed by atoms with van der Waals surface area (Å²) in [5.74, 6) is -0.0427. The smallest absolute Gasteiger partial charge is 0.221 e. The maximum atomic E-state index is 10.8. The van der Waals surface area contributed by atoms with Crippen molar-refractivity contribution in [2.45, 2.75) is 20.8 Å². The number of benzene rings is 1. The zero-order valence-electron chi connectivity index (χ0n) is 7.94. The van der Waals surface area contributed by atoms with Crippen LogP contribution in [0, 0.1) is 13.8 Å². The van der Waals surface area contributed by atoms with Gasteiger partial charge in [0.15, 0.2) is 0 Å². The Morgan fingerprint density at radius 3 is 2.54 bits per heavy atom. The van der Waals surface area contributed by atoms with Crippen LogP contribution in [0.1, 0.15) is 18.1 Å². The molecule has 0 atom stereocenters. The number of carbonyl (C=O) groups excluding carboxylic acids is 1. The molecular formula is C10H12BrNO. The highest BCUT2D eigenvalue weighted by Crippen LogP contribution is 2.27. The predicted molar refractivity (Wildman–Crippen MR) is 57.9 cm³/mol. The number of halogens is 1. The van der Waals surface area contributed by atoms with Crippen LogP contribution >= 0.6 is 15.9 Å². The number of hydrogen-bond donors (Lipinski definition) is 1. The van der Waals surface area contributed by atoms with Crippen LogP contribution in [-0.2, 0) is 4.79 Å². The molecule has 3 heteroatoms. The van der Waals surface area contributed by atoms with Crippen LogP contribution in [-0.4, -0.2) is 5.91 Å². The van der Waals surface area contributed by atoms with E-state index in [0.29, 0.717) is 0 Å². The molecule has 1 aromatic carbocycles. The third-order valence-corrected chi connectivity index (χ3v) is 3.11. The normalized spacial score (nSPS) is 9.85. The van der Waals surface area contributed by atoms with E-state index in [9.17, 15) is 4.79 Å². The number of carbonyl (C=O) groups is 1. The van der Waals surface area contributed by atoms with Gasteiger partial charge >= 0.3 is 0 Å². The first kappa shape index (κ1) is 10.3. The van der Waals surface area contributed by atoms with Crippen molar-refractivity contribution in [3.8, 4) is 0 Å². The SMILES string of the molecule is CC(=O)Nc1ccc(C)c(Br)c1C. The van der Waals surface area contributed by atoms with Gasteiger partial charge in [-0.1, -0.05) is 22.0 Å². The molecule has 0 heterocycles. The summed E-state index contributed by atoms with van der Waals surface area (Å²) in [5, 5.41) is 2.77. The summed E-state index contributed by atoms with van der Waals surface area (Å²) in [6.45, 7) is 5.50. The zero-order valence-corrected chi connectivity index (χ0v) is 9.53. The summed E-state index contributed by atoms with van der Waals surface area (Å²) in [5.41, 5.74) is 3.10. The Bertz CT molecular complexity index is 347. The highest BCUT2D eigenvalue weighted by Gasteiger charge is 2.05. The standard InChI is InChI=1S/C10H12BrNO/c1-6-4-5-9(12-8(3)13)7(2)10(6)11/h4-5H,1-3H3,(H,12,13). The molecule has 1 N–H and O–H groups in total. The van der Waals surface area contributed by atoms with E-state index in [4.69, 9.17) is 0 Å². The van der Waals surface area contributed by atoms with Gasteiger partial charge in [0.05, 0.1) is 0 Å². The molecule has 0 saturated carbocycles. The average molecular weight is 242 g/mol. The van der Waals surface area contributed by atoms with Crippen molar-refractivity contribution in [2.75, 3.05) is 5.32 Å². The Morgan fingerprint density at radius 2 is 2.00 bits per heavy atom. The van der Waals surface area contributed by atoms with Crippen molar-refractivity contribution >= 4 is 27.5 Å². The number of nitrogens with one attached hydrogen (secondary N) is 1. The van der Waals surface area contributed by atoms with Crippen molar-refractivity contribution in [3.05, 3.63) is 27.7 Å². The minimum atomic E-state index is -0.0427. The number of aryl methyl sites for hydroxylation is 1. The molecule has 0 saturated heterocycles. The van der Waals surface area contributed by atoms with Crippen molar-refractivity contribution in [1.82, 2.24) is 0 Å². The minimum Gasteiger partial charge on any atom is -0.326 e. The maximum absolute atomic E-state index is 10.8. The van der Waals surface area contributed by atoms with E-state index in [2.05, 4.69) is 21.2 Å². The van der Waals surface area contributed by atoms with Crippen molar-refractivity contribution < 1.29 is 4.79 Å². The molecule has 2 nitrogen and oxygen atoms in total. The quantitative estimate of drug-likeness (QED) is 0.805. The van der Waals surface area contributed by atoms with Crippen LogP contribution in [0.3, 0.4) is 0 Å². The highest BCUT2D eigenvalue weighted by molar-refractivity contribution is 9.10. The van der Waals surface area contributed by atoms with E-state index in [1.165, 1.54) is 12.5 Å².